The van der Waals surface area contributed by atoms with Gasteiger partial charge in [-0.05, 0) is 6.42 Å². The Balaban J connectivity index is 2.71. The van der Waals surface area contributed by atoms with Gasteiger partial charge in [-0.1, -0.05) is 20.4 Å². The van der Waals surface area contributed by atoms with E-state index in [0.717, 1.165) is 6.42 Å². The lowest BCUT2D eigenvalue weighted by Gasteiger charge is -2.08. The van der Waals surface area contributed by atoms with E-state index in [4.69, 9.17) is 4.74 Å². The molecule has 0 aliphatic carbocycles. The van der Waals surface area contributed by atoms with Crippen molar-refractivity contribution < 1.29 is 9.53 Å². The normalized spacial score (nSPS) is 32.6. The van der Waals surface area contributed by atoms with Crippen molar-refractivity contribution in [3.8, 4) is 0 Å². The third-order valence-corrected chi connectivity index (χ3v) is 2.03. The monoisotopic (exact) mass is 140 g/mol. The Morgan fingerprint density at radius 2 is 2.30 bits per heavy atom. The van der Waals surface area contributed by atoms with Gasteiger partial charge in [-0.15, -0.1) is 0 Å². The fraction of sp³-hybridized carbons (Fsp3) is 0.625. The summed E-state index contributed by atoms with van der Waals surface area (Å²) in [5, 5.41) is 0. The highest BCUT2D eigenvalue weighted by Gasteiger charge is 2.33. The minimum atomic E-state index is -0.223. The number of rotatable bonds is 1. The van der Waals surface area contributed by atoms with E-state index in [1.165, 1.54) is 0 Å². The number of carbonyl (C=O) groups excluding carboxylic acids is 1. The summed E-state index contributed by atoms with van der Waals surface area (Å²) in [6, 6.07) is 0. The highest BCUT2D eigenvalue weighted by atomic mass is 16.5. The van der Waals surface area contributed by atoms with Crippen molar-refractivity contribution in [2.45, 2.75) is 26.4 Å². The molecule has 0 saturated carbocycles. The highest BCUT2D eigenvalue weighted by molar-refractivity contribution is 5.90. The molecule has 1 fully saturated rings. The fourth-order valence-corrected chi connectivity index (χ4v) is 1.16. The van der Waals surface area contributed by atoms with E-state index < -0.39 is 0 Å². The van der Waals surface area contributed by atoms with Crippen LogP contribution in [0.4, 0.5) is 0 Å². The van der Waals surface area contributed by atoms with Crippen molar-refractivity contribution in [2.75, 3.05) is 0 Å². The third kappa shape index (κ3) is 0.939. The molecule has 0 aromatic rings. The van der Waals surface area contributed by atoms with Gasteiger partial charge in [0.15, 0.2) is 0 Å². The molecule has 1 aliphatic heterocycles. The maximum atomic E-state index is 10.8. The molecule has 56 valence electrons. The lowest BCUT2D eigenvalue weighted by atomic mass is 9.98. The second-order valence-electron chi connectivity index (χ2n) is 2.67. The Morgan fingerprint density at radius 3 is 2.50 bits per heavy atom. The number of ether oxygens (including phenoxy) is 1. The summed E-state index contributed by atoms with van der Waals surface area (Å²) in [5.41, 5.74) is 0.617. The zero-order valence-corrected chi connectivity index (χ0v) is 6.39. The number of carbonyl (C=O) groups is 1. The molecule has 1 aliphatic rings. The molecule has 1 heterocycles. The Bertz CT molecular complexity index is 172. The van der Waals surface area contributed by atoms with Crippen LogP contribution in [0.15, 0.2) is 12.2 Å². The van der Waals surface area contributed by atoms with Crippen LogP contribution in [-0.2, 0) is 9.53 Å². The Kier molecular flexibility index (Phi) is 1.79. The first-order chi connectivity index (χ1) is 4.66. The lowest BCUT2D eigenvalue weighted by Crippen LogP contribution is -2.11. The van der Waals surface area contributed by atoms with Crippen molar-refractivity contribution >= 4 is 5.97 Å². The summed E-state index contributed by atoms with van der Waals surface area (Å²) in [5.74, 6) is -0.0168. The molecular weight excluding hydrogens is 128 g/mol. The number of hydrogen-bond donors (Lipinski definition) is 0. The van der Waals surface area contributed by atoms with Gasteiger partial charge in [0.05, 0.1) is 0 Å². The number of cyclic esters (lactones) is 1. The van der Waals surface area contributed by atoms with Crippen molar-refractivity contribution in [1.82, 2.24) is 0 Å². The van der Waals surface area contributed by atoms with E-state index in [1.807, 2.05) is 13.8 Å². The molecule has 1 rings (SSSR count). The molecule has 2 unspecified atom stereocenters. The molecule has 10 heavy (non-hydrogen) atoms. The lowest BCUT2D eigenvalue weighted by molar-refractivity contribution is -0.139. The van der Waals surface area contributed by atoms with E-state index in [2.05, 4.69) is 6.58 Å². The Labute approximate surface area is 60.9 Å². The molecule has 2 heteroatoms. The second-order valence-corrected chi connectivity index (χ2v) is 2.67. The van der Waals surface area contributed by atoms with E-state index in [-0.39, 0.29) is 18.0 Å². The zero-order chi connectivity index (χ0) is 7.72. The van der Waals surface area contributed by atoms with E-state index >= 15 is 0 Å². The number of hydrogen-bond acceptors (Lipinski definition) is 2. The van der Waals surface area contributed by atoms with Gasteiger partial charge in [-0.25, -0.2) is 4.79 Å². The summed E-state index contributed by atoms with van der Waals surface area (Å²) in [6.45, 7) is 7.62. The molecule has 2 atom stereocenters. The number of esters is 1. The van der Waals surface area contributed by atoms with Crippen LogP contribution in [0, 0.1) is 5.92 Å². The van der Waals surface area contributed by atoms with Crippen LogP contribution < -0.4 is 0 Å². The molecule has 0 amide bonds. The summed E-state index contributed by atoms with van der Waals surface area (Å²) >= 11 is 0. The molecular formula is C8H12O2. The maximum Gasteiger partial charge on any atom is 0.334 e. The first-order valence-electron chi connectivity index (χ1n) is 3.56. The molecule has 0 N–H and O–H groups in total. The quantitative estimate of drug-likeness (QED) is 0.407. The summed E-state index contributed by atoms with van der Waals surface area (Å²) in [6.07, 6.45) is 0.950. The molecule has 0 aromatic heterocycles. The van der Waals surface area contributed by atoms with Gasteiger partial charge in [-0.3, -0.25) is 0 Å². The van der Waals surface area contributed by atoms with Crippen molar-refractivity contribution in [3.63, 3.8) is 0 Å². The van der Waals surface area contributed by atoms with Crippen LogP contribution in [0.3, 0.4) is 0 Å². The van der Waals surface area contributed by atoms with Crippen molar-refractivity contribution in [2.24, 2.45) is 5.92 Å². The zero-order valence-electron chi connectivity index (χ0n) is 6.39. The SMILES string of the molecule is C=C1C(=O)OC(CC)C1C. The van der Waals surface area contributed by atoms with Crippen LogP contribution in [0.2, 0.25) is 0 Å². The first-order valence-corrected chi connectivity index (χ1v) is 3.56. The molecule has 0 spiro atoms. The van der Waals surface area contributed by atoms with Crippen molar-refractivity contribution in [1.29, 1.82) is 0 Å². The Hall–Kier alpha value is -0.790. The van der Waals surface area contributed by atoms with Gasteiger partial charge in [-0.2, -0.15) is 0 Å². The van der Waals surface area contributed by atoms with Crippen LogP contribution in [0.1, 0.15) is 20.3 Å². The van der Waals surface area contributed by atoms with Gasteiger partial charge in [0.2, 0.25) is 0 Å². The van der Waals surface area contributed by atoms with Gasteiger partial charge in [0.1, 0.15) is 6.10 Å². The molecule has 1 saturated heterocycles. The first kappa shape index (κ1) is 7.32. The summed E-state index contributed by atoms with van der Waals surface area (Å²) in [4.78, 5) is 10.8. The Morgan fingerprint density at radius 1 is 1.70 bits per heavy atom. The summed E-state index contributed by atoms with van der Waals surface area (Å²) < 4.78 is 5.00. The summed E-state index contributed by atoms with van der Waals surface area (Å²) in [7, 11) is 0. The molecule has 2 nitrogen and oxygen atoms in total. The average molecular weight is 140 g/mol. The fourth-order valence-electron chi connectivity index (χ4n) is 1.16. The molecule has 0 aromatic carbocycles. The molecule has 0 radical (unpaired) electrons. The van der Waals surface area contributed by atoms with Gasteiger partial charge >= 0.3 is 5.97 Å². The van der Waals surface area contributed by atoms with E-state index in [0.29, 0.717) is 5.57 Å². The van der Waals surface area contributed by atoms with Gasteiger partial charge < -0.3 is 4.74 Å². The second kappa shape index (κ2) is 2.45. The molecule has 0 bridgehead atoms. The average Bonchev–Trinajstić information content (AvgIpc) is 2.17. The topological polar surface area (TPSA) is 26.3 Å². The van der Waals surface area contributed by atoms with Crippen LogP contribution >= 0.6 is 0 Å². The smallest absolute Gasteiger partial charge is 0.334 e. The van der Waals surface area contributed by atoms with Gasteiger partial charge in [0.25, 0.3) is 0 Å². The maximum absolute atomic E-state index is 10.8. The standard InChI is InChI=1S/C8H12O2/c1-4-7-5(2)6(3)8(9)10-7/h5,7H,3-4H2,1-2H3. The minimum absolute atomic E-state index is 0.0694. The third-order valence-electron chi connectivity index (χ3n) is 2.03. The van der Waals surface area contributed by atoms with Gasteiger partial charge in [0, 0.05) is 11.5 Å². The van der Waals surface area contributed by atoms with Crippen LogP contribution in [0.25, 0.3) is 0 Å². The highest BCUT2D eigenvalue weighted by Crippen LogP contribution is 2.27. The van der Waals surface area contributed by atoms with E-state index in [1.54, 1.807) is 0 Å². The van der Waals surface area contributed by atoms with Crippen LogP contribution in [-0.4, -0.2) is 12.1 Å². The minimum Gasteiger partial charge on any atom is -0.458 e. The van der Waals surface area contributed by atoms with Crippen LogP contribution in [0.5, 0.6) is 0 Å². The largest absolute Gasteiger partial charge is 0.458 e. The predicted octanol–water partition coefficient (Wildman–Crippen LogP) is 1.51. The van der Waals surface area contributed by atoms with E-state index in [9.17, 15) is 4.79 Å². The van der Waals surface area contributed by atoms with Crippen molar-refractivity contribution in [3.05, 3.63) is 12.2 Å². The predicted molar refractivity (Wildman–Crippen MR) is 38.5 cm³/mol.